The van der Waals surface area contributed by atoms with Crippen molar-refractivity contribution >= 4 is 5.78 Å². The van der Waals surface area contributed by atoms with Crippen LogP contribution in [-0.4, -0.2) is 56.7 Å². The van der Waals surface area contributed by atoms with Crippen LogP contribution in [0.3, 0.4) is 0 Å². The Kier molecular flexibility index (Phi) is 3.17. The fraction of sp³-hybridized carbons (Fsp3) is 0.625. The summed E-state index contributed by atoms with van der Waals surface area (Å²) in [5.74, 6) is 3.25. The van der Waals surface area contributed by atoms with E-state index < -0.39 is 0 Å². The first-order valence-corrected chi connectivity index (χ1v) is 11.0. The lowest BCUT2D eigenvalue weighted by Gasteiger charge is -2.58. The maximum atomic E-state index is 13.5. The lowest BCUT2D eigenvalue weighted by Crippen LogP contribution is -2.62. The van der Waals surface area contributed by atoms with Crippen LogP contribution in [0.5, 0.6) is 11.5 Å². The summed E-state index contributed by atoms with van der Waals surface area (Å²) >= 11 is 0. The molecule has 6 aliphatic rings. The molecule has 152 valence electrons. The van der Waals surface area contributed by atoms with Crippen LogP contribution in [0.25, 0.3) is 0 Å². The van der Waals surface area contributed by atoms with Gasteiger partial charge in [0.25, 0.3) is 0 Å². The van der Waals surface area contributed by atoms with Crippen molar-refractivity contribution in [3.8, 4) is 11.5 Å². The van der Waals surface area contributed by atoms with E-state index in [2.05, 4.69) is 23.1 Å². The minimum Gasteiger partial charge on any atom is -0.493 e. The van der Waals surface area contributed by atoms with Gasteiger partial charge in [-0.15, -0.1) is 0 Å². The quantitative estimate of drug-likeness (QED) is 0.723. The smallest absolute Gasteiger partial charge is 0.161 e. The number of methoxy groups -OCH3 is 2. The average Bonchev–Trinajstić information content (AvgIpc) is 3.20. The van der Waals surface area contributed by atoms with Crippen molar-refractivity contribution in [2.24, 2.45) is 17.8 Å². The first kappa shape index (κ1) is 16.9. The molecule has 0 aromatic heterocycles. The van der Waals surface area contributed by atoms with Crippen LogP contribution in [0.4, 0.5) is 0 Å². The largest absolute Gasteiger partial charge is 0.493 e. The highest BCUT2D eigenvalue weighted by molar-refractivity contribution is 5.90. The number of carbonyl (C=O) groups excluding carboxylic acids is 1. The molecule has 1 aromatic rings. The first-order chi connectivity index (χ1) is 14.2. The Morgan fingerprint density at radius 2 is 2.03 bits per heavy atom. The normalized spacial score (nSPS) is 43.5. The summed E-state index contributed by atoms with van der Waals surface area (Å²) in [5.41, 5.74) is 4.19. The molecule has 1 aromatic carbocycles. The van der Waals surface area contributed by atoms with Gasteiger partial charge in [0.15, 0.2) is 11.5 Å². The standard InChI is InChI=1S/C24H27NO4/c1-27-17-7-14-15(9-18(17)28-2)24-4-5-25-11-12-3-6-29-19-10-16(26)21(14)23(24)22(19)13(12)8-20(24)25/h3,7,9,13,19-23H,4-6,8,10-11H2,1-2H3/t13-,19-,20-,21?,22-,23-,24+/m0/s1. The third kappa shape index (κ3) is 1.80. The van der Waals surface area contributed by atoms with Gasteiger partial charge in [-0.1, -0.05) is 11.6 Å². The summed E-state index contributed by atoms with van der Waals surface area (Å²) in [4.78, 5) is 16.2. The Morgan fingerprint density at radius 3 is 2.86 bits per heavy atom. The van der Waals surface area contributed by atoms with E-state index in [4.69, 9.17) is 14.2 Å². The number of hydrogen-bond donors (Lipinski definition) is 0. The first-order valence-electron chi connectivity index (χ1n) is 11.0. The van der Waals surface area contributed by atoms with Crippen LogP contribution in [0.2, 0.25) is 0 Å². The van der Waals surface area contributed by atoms with Crippen LogP contribution >= 0.6 is 0 Å². The molecule has 3 aliphatic heterocycles. The highest BCUT2D eigenvalue weighted by Crippen LogP contribution is 2.70. The van der Waals surface area contributed by atoms with Gasteiger partial charge in [0.1, 0.15) is 5.78 Å². The van der Waals surface area contributed by atoms with Crippen molar-refractivity contribution in [1.82, 2.24) is 4.90 Å². The van der Waals surface area contributed by atoms with Gasteiger partial charge in [0, 0.05) is 30.3 Å². The molecule has 0 N–H and O–H groups in total. The van der Waals surface area contributed by atoms with Crippen LogP contribution in [0, 0.1) is 17.8 Å². The second-order valence-corrected chi connectivity index (χ2v) is 9.82. The fourth-order valence-corrected chi connectivity index (χ4v) is 8.41. The van der Waals surface area contributed by atoms with Gasteiger partial charge in [-0.2, -0.15) is 0 Å². The summed E-state index contributed by atoms with van der Waals surface area (Å²) in [6.07, 6.45) is 5.31. The number of hydrogen-bond acceptors (Lipinski definition) is 5. The third-order valence-corrected chi connectivity index (χ3v) is 9.25. The number of piperidine rings is 1. The number of rotatable bonds is 2. The number of fused-ring (bicyclic) bond motifs is 2. The predicted octanol–water partition coefficient (Wildman–Crippen LogP) is 2.68. The molecule has 1 spiro atoms. The number of Topliss-reactive ketones (excluding diaryl/α,β-unsaturated/α-hetero) is 1. The highest BCUT2D eigenvalue weighted by Gasteiger charge is 2.71. The molecule has 3 heterocycles. The number of ether oxygens (including phenoxy) is 3. The zero-order valence-corrected chi connectivity index (χ0v) is 17.0. The molecule has 0 amide bonds. The highest BCUT2D eigenvalue weighted by atomic mass is 16.5. The average molecular weight is 393 g/mol. The third-order valence-electron chi connectivity index (χ3n) is 9.25. The van der Waals surface area contributed by atoms with Crippen molar-refractivity contribution in [3.63, 3.8) is 0 Å². The predicted molar refractivity (Wildman–Crippen MR) is 106 cm³/mol. The van der Waals surface area contributed by atoms with E-state index in [0.717, 1.165) is 31.0 Å². The Morgan fingerprint density at radius 1 is 1.21 bits per heavy atom. The topological polar surface area (TPSA) is 48.0 Å². The van der Waals surface area contributed by atoms with Gasteiger partial charge < -0.3 is 14.2 Å². The second-order valence-electron chi connectivity index (χ2n) is 9.82. The molecule has 5 nitrogen and oxygen atoms in total. The van der Waals surface area contributed by atoms with Gasteiger partial charge in [0.05, 0.1) is 26.9 Å². The molecular formula is C24H27NO4. The zero-order valence-electron chi connectivity index (χ0n) is 17.0. The summed E-state index contributed by atoms with van der Waals surface area (Å²) in [5, 5.41) is 0. The SMILES string of the molecule is COc1cc2c(cc1OC)[C@@]13CCN4CC5=CCO[C@H]6CC(=O)C2[C@H]1[C@H]6[C@H]5C[C@H]43. The minimum atomic E-state index is -0.0163. The fourth-order valence-electron chi connectivity index (χ4n) is 8.41. The minimum absolute atomic E-state index is 0.0163. The van der Waals surface area contributed by atoms with E-state index in [1.54, 1.807) is 19.8 Å². The number of nitrogens with zero attached hydrogens (tertiary/aromatic N) is 1. The molecule has 7 atom stereocenters. The molecular weight excluding hydrogens is 366 g/mol. The maximum absolute atomic E-state index is 13.5. The molecule has 2 bridgehead atoms. The summed E-state index contributed by atoms with van der Waals surface area (Å²) in [7, 11) is 3.39. The molecule has 0 radical (unpaired) electrons. The summed E-state index contributed by atoms with van der Waals surface area (Å²) in [6.45, 7) is 2.87. The lowest BCUT2D eigenvalue weighted by molar-refractivity contribution is -0.142. The van der Waals surface area contributed by atoms with Crippen LogP contribution in [0.1, 0.15) is 36.3 Å². The van der Waals surface area contributed by atoms with Crippen molar-refractivity contribution in [2.75, 3.05) is 33.9 Å². The van der Waals surface area contributed by atoms with E-state index in [1.807, 2.05) is 0 Å². The van der Waals surface area contributed by atoms with Crippen molar-refractivity contribution in [2.45, 2.75) is 42.7 Å². The van der Waals surface area contributed by atoms with Crippen molar-refractivity contribution < 1.29 is 19.0 Å². The number of ketones is 1. The molecule has 1 unspecified atom stereocenters. The summed E-state index contributed by atoms with van der Waals surface area (Å²) in [6, 6.07) is 4.85. The Balaban J connectivity index is 1.52. The van der Waals surface area contributed by atoms with E-state index in [1.165, 1.54) is 17.5 Å². The Bertz CT molecular complexity index is 970. The van der Waals surface area contributed by atoms with E-state index >= 15 is 0 Å². The monoisotopic (exact) mass is 393 g/mol. The summed E-state index contributed by atoms with van der Waals surface area (Å²) < 4.78 is 17.7. The van der Waals surface area contributed by atoms with Crippen LogP contribution < -0.4 is 9.47 Å². The van der Waals surface area contributed by atoms with Crippen molar-refractivity contribution in [3.05, 3.63) is 34.9 Å². The maximum Gasteiger partial charge on any atom is 0.161 e. The van der Waals surface area contributed by atoms with Gasteiger partial charge in [0.2, 0.25) is 0 Å². The molecule has 29 heavy (non-hydrogen) atoms. The lowest BCUT2D eigenvalue weighted by atomic mass is 9.49. The molecule has 3 aliphatic carbocycles. The second kappa shape index (κ2) is 5.44. The Hall–Kier alpha value is -1.85. The van der Waals surface area contributed by atoms with Gasteiger partial charge in [-0.3, -0.25) is 9.69 Å². The molecule has 5 heteroatoms. The van der Waals surface area contributed by atoms with Crippen LogP contribution in [-0.2, 0) is 14.9 Å². The van der Waals surface area contributed by atoms with Gasteiger partial charge in [-0.25, -0.2) is 0 Å². The molecule has 2 saturated carbocycles. The Labute approximate surface area is 171 Å². The van der Waals surface area contributed by atoms with Crippen LogP contribution in [0.15, 0.2) is 23.8 Å². The molecule has 7 rings (SSSR count). The van der Waals surface area contributed by atoms with Crippen molar-refractivity contribution in [1.29, 1.82) is 0 Å². The van der Waals surface area contributed by atoms with E-state index in [0.29, 0.717) is 42.6 Å². The van der Waals surface area contributed by atoms with E-state index in [9.17, 15) is 4.79 Å². The number of benzene rings is 1. The zero-order chi connectivity index (χ0) is 19.5. The van der Waals surface area contributed by atoms with Gasteiger partial charge >= 0.3 is 0 Å². The molecule has 2 saturated heterocycles. The van der Waals surface area contributed by atoms with E-state index in [-0.39, 0.29) is 17.4 Å². The van der Waals surface area contributed by atoms with Gasteiger partial charge in [-0.05, 0) is 60.4 Å². The number of carbonyl (C=O) groups is 1. The molecule has 4 fully saturated rings.